The predicted molar refractivity (Wildman–Crippen MR) is 77.6 cm³/mol. The largest absolute Gasteiger partial charge is 0.491 e. The maximum absolute atomic E-state index is 13.7. The van der Waals surface area contributed by atoms with Crippen molar-refractivity contribution in [3.63, 3.8) is 0 Å². The van der Waals surface area contributed by atoms with Crippen LogP contribution in [0, 0.1) is 0 Å². The molecular formula is C16H15F11O2. The SMILES string of the molecule is CC(C)Oc1cccc(C(O)CC(F)(F)C(F)(F)C(F)(F)C(F)(F)C(F)(F)F)c1. The van der Waals surface area contributed by atoms with Crippen molar-refractivity contribution in [2.45, 2.75) is 62.3 Å². The van der Waals surface area contributed by atoms with E-state index in [1.165, 1.54) is 6.07 Å². The van der Waals surface area contributed by atoms with Crippen LogP contribution in [-0.2, 0) is 0 Å². The van der Waals surface area contributed by atoms with E-state index in [9.17, 15) is 53.4 Å². The van der Waals surface area contributed by atoms with Gasteiger partial charge in [-0.1, -0.05) is 12.1 Å². The first-order valence-corrected chi connectivity index (χ1v) is 7.80. The number of rotatable bonds is 8. The highest BCUT2D eigenvalue weighted by Gasteiger charge is 2.87. The van der Waals surface area contributed by atoms with Gasteiger partial charge in [0.2, 0.25) is 0 Å². The molecule has 0 saturated heterocycles. The molecular weight excluding hydrogens is 433 g/mol. The van der Waals surface area contributed by atoms with Crippen molar-refractivity contribution in [3.8, 4) is 5.75 Å². The molecule has 0 aliphatic carbocycles. The third-order valence-electron chi connectivity index (χ3n) is 3.67. The highest BCUT2D eigenvalue weighted by molar-refractivity contribution is 5.30. The van der Waals surface area contributed by atoms with Crippen LogP contribution in [0.4, 0.5) is 48.3 Å². The summed E-state index contributed by atoms with van der Waals surface area (Å²) in [5, 5.41) is 9.68. The smallest absolute Gasteiger partial charge is 0.460 e. The van der Waals surface area contributed by atoms with Gasteiger partial charge in [-0.3, -0.25) is 0 Å². The molecule has 0 heterocycles. The summed E-state index contributed by atoms with van der Waals surface area (Å²) < 4.78 is 148. The topological polar surface area (TPSA) is 29.5 Å². The highest BCUT2D eigenvalue weighted by atomic mass is 19.4. The second kappa shape index (κ2) is 7.80. The third kappa shape index (κ3) is 4.69. The summed E-state index contributed by atoms with van der Waals surface area (Å²) in [6, 6.07) is 4.20. The molecule has 1 rings (SSSR count). The summed E-state index contributed by atoms with van der Waals surface area (Å²) in [6.07, 6.45) is -12.8. The van der Waals surface area contributed by atoms with Crippen molar-refractivity contribution >= 4 is 0 Å². The van der Waals surface area contributed by atoms with Gasteiger partial charge in [-0.25, -0.2) is 0 Å². The number of halogens is 11. The van der Waals surface area contributed by atoms with Crippen LogP contribution in [0.5, 0.6) is 5.75 Å². The lowest BCUT2D eigenvalue weighted by Gasteiger charge is -2.37. The van der Waals surface area contributed by atoms with Crippen LogP contribution in [0.25, 0.3) is 0 Å². The van der Waals surface area contributed by atoms with Gasteiger partial charge in [0.15, 0.2) is 0 Å². The number of aliphatic hydroxyl groups is 1. The molecule has 1 atom stereocenters. The van der Waals surface area contributed by atoms with Crippen molar-refractivity contribution < 1.29 is 58.1 Å². The van der Waals surface area contributed by atoms with E-state index in [4.69, 9.17) is 4.74 Å². The zero-order chi connectivity index (χ0) is 23.1. The number of hydrogen-bond donors (Lipinski definition) is 1. The number of alkyl halides is 11. The van der Waals surface area contributed by atoms with Crippen molar-refractivity contribution in [2.75, 3.05) is 0 Å². The molecule has 13 heteroatoms. The van der Waals surface area contributed by atoms with Gasteiger partial charge in [0.1, 0.15) is 5.75 Å². The lowest BCUT2D eigenvalue weighted by Crippen LogP contribution is -2.66. The molecule has 0 saturated carbocycles. The zero-order valence-electron chi connectivity index (χ0n) is 14.7. The average Bonchev–Trinajstić information content (AvgIpc) is 2.52. The molecule has 2 nitrogen and oxygen atoms in total. The Balaban J connectivity index is 3.20. The summed E-state index contributed by atoms with van der Waals surface area (Å²) in [5.74, 6) is -28.3. The van der Waals surface area contributed by atoms with E-state index in [0.29, 0.717) is 0 Å². The first-order chi connectivity index (χ1) is 12.8. The van der Waals surface area contributed by atoms with Crippen LogP contribution in [0.2, 0.25) is 0 Å². The number of aliphatic hydroxyl groups excluding tert-OH is 1. The standard InChI is InChI=1S/C16H15F11O2/c1-8(2)29-10-5-3-4-9(6-10)11(28)7-12(17,18)13(19,20)14(21,22)15(23,24)16(25,26)27/h3-6,8,11,28H,7H2,1-2H3. The van der Waals surface area contributed by atoms with Crippen LogP contribution in [0.1, 0.15) is 31.9 Å². The van der Waals surface area contributed by atoms with Gasteiger partial charge in [0.25, 0.3) is 0 Å². The van der Waals surface area contributed by atoms with E-state index >= 15 is 0 Å². The van der Waals surface area contributed by atoms with Gasteiger partial charge in [-0.2, -0.15) is 48.3 Å². The zero-order valence-corrected chi connectivity index (χ0v) is 14.7. The van der Waals surface area contributed by atoms with E-state index in [0.717, 1.165) is 18.2 Å². The van der Waals surface area contributed by atoms with Crippen LogP contribution < -0.4 is 4.74 Å². The molecule has 0 aromatic heterocycles. The lowest BCUT2D eigenvalue weighted by atomic mass is 9.92. The Morgan fingerprint density at radius 3 is 1.79 bits per heavy atom. The Morgan fingerprint density at radius 1 is 0.828 bits per heavy atom. The monoisotopic (exact) mass is 448 g/mol. The number of hydrogen-bond acceptors (Lipinski definition) is 2. The fourth-order valence-electron chi connectivity index (χ4n) is 2.16. The molecule has 1 N–H and O–H groups in total. The van der Waals surface area contributed by atoms with Gasteiger partial charge >= 0.3 is 29.9 Å². The van der Waals surface area contributed by atoms with Crippen molar-refractivity contribution in [2.24, 2.45) is 0 Å². The predicted octanol–water partition coefficient (Wildman–Crippen LogP) is 6.00. The lowest BCUT2D eigenvalue weighted by molar-refractivity contribution is -0.423. The summed E-state index contributed by atoms with van der Waals surface area (Å²) >= 11 is 0. The Bertz CT molecular complexity index is 698. The van der Waals surface area contributed by atoms with Gasteiger partial charge in [0, 0.05) is 6.42 Å². The van der Waals surface area contributed by atoms with E-state index < -0.39 is 54.1 Å². The minimum Gasteiger partial charge on any atom is -0.491 e. The van der Waals surface area contributed by atoms with Crippen LogP contribution in [0.3, 0.4) is 0 Å². The molecule has 0 aliphatic rings. The van der Waals surface area contributed by atoms with Crippen LogP contribution in [-0.4, -0.2) is 41.1 Å². The fourth-order valence-corrected chi connectivity index (χ4v) is 2.16. The molecule has 0 bridgehead atoms. The minimum atomic E-state index is -7.50. The second-order valence-corrected chi connectivity index (χ2v) is 6.38. The van der Waals surface area contributed by atoms with E-state index in [1.807, 2.05) is 0 Å². The Morgan fingerprint density at radius 2 is 1.34 bits per heavy atom. The highest BCUT2D eigenvalue weighted by Crippen LogP contribution is 2.58. The maximum atomic E-state index is 13.7. The Labute approximate surface area is 157 Å². The van der Waals surface area contributed by atoms with E-state index in [2.05, 4.69) is 0 Å². The summed E-state index contributed by atoms with van der Waals surface area (Å²) in [7, 11) is 0. The molecule has 0 amide bonds. The van der Waals surface area contributed by atoms with Gasteiger partial charge in [0.05, 0.1) is 12.2 Å². The summed E-state index contributed by atoms with van der Waals surface area (Å²) in [6.45, 7) is 3.11. The Kier molecular flexibility index (Phi) is 6.79. The second-order valence-electron chi connectivity index (χ2n) is 6.38. The molecule has 1 aromatic rings. The van der Waals surface area contributed by atoms with Crippen LogP contribution in [0.15, 0.2) is 24.3 Å². The number of ether oxygens (including phenoxy) is 1. The Hall–Kier alpha value is -1.79. The normalized spacial score (nSPS) is 15.6. The van der Waals surface area contributed by atoms with Gasteiger partial charge < -0.3 is 9.84 Å². The van der Waals surface area contributed by atoms with E-state index in [1.54, 1.807) is 13.8 Å². The van der Waals surface area contributed by atoms with Gasteiger partial charge in [-0.05, 0) is 31.5 Å². The van der Waals surface area contributed by atoms with Crippen LogP contribution >= 0.6 is 0 Å². The molecule has 29 heavy (non-hydrogen) atoms. The van der Waals surface area contributed by atoms with Crippen molar-refractivity contribution in [3.05, 3.63) is 29.8 Å². The van der Waals surface area contributed by atoms with E-state index in [-0.39, 0.29) is 5.75 Å². The summed E-state index contributed by atoms with van der Waals surface area (Å²) in [4.78, 5) is 0. The average molecular weight is 448 g/mol. The molecule has 0 radical (unpaired) electrons. The molecule has 168 valence electrons. The molecule has 0 aliphatic heterocycles. The maximum Gasteiger partial charge on any atom is 0.460 e. The third-order valence-corrected chi connectivity index (χ3v) is 3.67. The first kappa shape index (κ1) is 25.2. The van der Waals surface area contributed by atoms with Crippen molar-refractivity contribution in [1.29, 1.82) is 0 Å². The minimum absolute atomic E-state index is 0.0273. The molecule has 1 aromatic carbocycles. The molecule has 0 fully saturated rings. The van der Waals surface area contributed by atoms with Gasteiger partial charge in [-0.15, -0.1) is 0 Å². The number of benzene rings is 1. The molecule has 0 spiro atoms. The summed E-state index contributed by atoms with van der Waals surface area (Å²) in [5.41, 5.74) is -0.537. The van der Waals surface area contributed by atoms with Crippen molar-refractivity contribution in [1.82, 2.24) is 0 Å². The fraction of sp³-hybridized carbons (Fsp3) is 0.625. The quantitative estimate of drug-likeness (QED) is 0.495. The molecule has 1 unspecified atom stereocenters. The first-order valence-electron chi connectivity index (χ1n) is 7.80.